The SMILES string of the molecule is COC(=O)C1=C(C(=O)OC)N(c2ccc(N3CCOCC3)c(C)c2)C=CC=C1. The van der Waals surface area contributed by atoms with Gasteiger partial charge in [0.15, 0.2) is 0 Å². The Morgan fingerprint density at radius 3 is 2.39 bits per heavy atom. The van der Waals surface area contributed by atoms with Gasteiger partial charge in [-0.05, 0) is 42.8 Å². The van der Waals surface area contributed by atoms with Gasteiger partial charge in [-0.15, -0.1) is 0 Å². The summed E-state index contributed by atoms with van der Waals surface area (Å²) in [6, 6.07) is 5.93. The first kappa shape index (κ1) is 19.7. The Morgan fingerprint density at radius 2 is 1.75 bits per heavy atom. The molecule has 1 fully saturated rings. The molecule has 0 spiro atoms. The summed E-state index contributed by atoms with van der Waals surface area (Å²) in [4.78, 5) is 28.7. The van der Waals surface area contributed by atoms with Gasteiger partial charge in [0.1, 0.15) is 5.70 Å². The van der Waals surface area contributed by atoms with Crippen molar-refractivity contribution in [2.75, 3.05) is 50.3 Å². The highest BCUT2D eigenvalue weighted by atomic mass is 16.5. The monoisotopic (exact) mass is 384 g/mol. The van der Waals surface area contributed by atoms with E-state index in [2.05, 4.69) is 4.90 Å². The molecule has 1 aromatic carbocycles. The molecule has 0 saturated carbocycles. The summed E-state index contributed by atoms with van der Waals surface area (Å²) >= 11 is 0. The maximum atomic E-state index is 12.5. The van der Waals surface area contributed by atoms with Crippen molar-refractivity contribution < 1.29 is 23.8 Å². The van der Waals surface area contributed by atoms with Crippen molar-refractivity contribution in [1.29, 1.82) is 0 Å². The van der Waals surface area contributed by atoms with Gasteiger partial charge in [-0.3, -0.25) is 0 Å². The van der Waals surface area contributed by atoms with Crippen molar-refractivity contribution in [2.24, 2.45) is 0 Å². The third-order valence-electron chi connectivity index (χ3n) is 4.70. The van der Waals surface area contributed by atoms with Crippen LogP contribution < -0.4 is 9.80 Å². The van der Waals surface area contributed by atoms with Gasteiger partial charge in [0, 0.05) is 30.7 Å². The molecule has 7 heteroatoms. The molecule has 2 aliphatic heterocycles. The van der Waals surface area contributed by atoms with E-state index in [-0.39, 0.29) is 11.3 Å². The number of nitrogens with zero attached hydrogens (tertiary/aromatic N) is 2. The highest BCUT2D eigenvalue weighted by Crippen LogP contribution is 2.31. The Morgan fingerprint density at radius 1 is 1.04 bits per heavy atom. The fraction of sp³-hybridized carbons (Fsp3) is 0.333. The normalized spacial score (nSPS) is 16.8. The molecule has 1 aromatic rings. The number of anilines is 2. The Labute approximate surface area is 164 Å². The molecular weight excluding hydrogens is 360 g/mol. The number of ether oxygens (including phenoxy) is 3. The van der Waals surface area contributed by atoms with Crippen LogP contribution in [0.2, 0.25) is 0 Å². The average Bonchev–Trinajstić information content (AvgIpc) is 2.96. The third-order valence-corrected chi connectivity index (χ3v) is 4.70. The zero-order chi connectivity index (χ0) is 20.1. The zero-order valence-corrected chi connectivity index (χ0v) is 16.3. The minimum Gasteiger partial charge on any atom is -0.465 e. The summed E-state index contributed by atoms with van der Waals surface area (Å²) in [5, 5.41) is 0. The van der Waals surface area contributed by atoms with E-state index in [0.717, 1.165) is 30.0 Å². The molecule has 0 unspecified atom stereocenters. The molecule has 148 valence electrons. The minimum atomic E-state index is -0.619. The number of hydrogen-bond donors (Lipinski definition) is 0. The van der Waals surface area contributed by atoms with E-state index >= 15 is 0 Å². The fourth-order valence-corrected chi connectivity index (χ4v) is 3.31. The second-order valence-corrected chi connectivity index (χ2v) is 6.39. The van der Waals surface area contributed by atoms with Crippen LogP contribution in [0.4, 0.5) is 11.4 Å². The van der Waals surface area contributed by atoms with Gasteiger partial charge < -0.3 is 24.0 Å². The van der Waals surface area contributed by atoms with Crippen molar-refractivity contribution in [3.8, 4) is 0 Å². The maximum Gasteiger partial charge on any atom is 0.355 e. The third kappa shape index (κ3) is 3.94. The van der Waals surface area contributed by atoms with Crippen LogP contribution in [0.5, 0.6) is 0 Å². The van der Waals surface area contributed by atoms with Crippen molar-refractivity contribution >= 4 is 23.3 Å². The molecule has 0 N–H and O–H groups in total. The quantitative estimate of drug-likeness (QED) is 0.738. The highest BCUT2D eigenvalue weighted by molar-refractivity contribution is 6.05. The number of carbonyl (C=O) groups is 2. The van der Waals surface area contributed by atoms with Crippen LogP contribution in [0.15, 0.2) is 53.9 Å². The van der Waals surface area contributed by atoms with E-state index in [4.69, 9.17) is 14.2 Å². The van der Waals surface area contributed by atoms with Gasteiger partial charge in [-0.1, -0.05) is 6.08 Å². The molecule has 0 aromatic heterocycles. The Bertz CT molecular complexity index is 850. The number of carbonyl (C=O) groups excluding carboxylic acids is 2. The molecule has 2 heterocycles. The van der Waals surface area contributed by atoms with E-state index in [1.165, 1.54) is 14.2 Å². The van der Waals surface area contributed by atoms with Crippen molar-refractivity contribution in [1.82, 2.24) is 0 Å². The van der Waals surface area contributed by atoms with Gasteiger partial charge in [0.25, 0.3) is 0 Å². The van der Waals surface area contributed by atoms with Gasteiger partial charge in [0.2, 0.25) is 0 Å². The number of allylic oxidation sites excluding steroid dienone is 2. The summed E-state index contributed by atoms with van der Waals surface area (Å²) < 4.78 is 15.2. The zero-order valence-electron chi connectivity index (χ0n) is 16.3. The number of aryl methyl sites for hydroxylation is 1. The van der Waals surface area contributed by atoms with Crippen molar-refractivity contribution in [3.63, 3.8) is 0 Å². The van der Waals surface area contributed by atoms with Crippen LogP contribution in [-0.2, 0) is 23.8 Å². The number of morpholine rings is 1. The number of benzene rings is 1. The minimum absolute atomic E-state index is 0.109. The average molecular weight is 384 g/mol. The summed E-state index contributed by atoms with van der Waals surface area (Å²) in [5.41, 5.74) is 3.18. The first-order valence-corrected chi connectivity index (χ1v) is 9.05. The van der Waals surface area contributed by atoms with Gasteiger partial charge in [0.05, 0.1) is 33.0 Å². The molecule has 0 bridgehead atoms. The van der Waals surface area contributed by atoms with Crippen molar-refractivity contribution in [3.05, 3.63) is 59.5 Å². The van der Waals surface area contributed by atoms with Gasteiger partial charge in [-0.25, -0.2) is 9.59 Å². The number of esters is 2. The molecule has 2 aliphatic rings. The molecule has 28 heavy (non-hydrogen) atoms. The molecule has 0 atom stereocenters. The lowest BCUT2D eigenvalue weighted by Crippen LogP contribution is -2.36. The fourth-order valence-electron chi connectivity index (χ4n) is 3.31. The van der Waals surface area contributed by atoms with E-state index in [1.807, 2.05) is 25.1 Å². The lowest BCUT2D eigenvalue weighted by atomic mass is 10.1. The molecule has 0 aliphatic carbocycles. The molecule has 7 nitrogen and oxygen atoms in total. The number of methoxy groups -OCH3 is 2. The van der Waals surface area contributed by atoms with E-state index < -0.39 is 11.9 Å². The lowest BCUT2D eigenvalue weighted by molar-refractivity contribution is -0.139. The second kappa shape index (κ2) is 8.75. The Balaban J connectivity index is 2.03. The van der Waals surface area contributed by atoms with Crippen LogP contribution in [0.1, 0.15) is 5.56 Å². The number of rotatable bonds is 4. The Kier molecular flexibility index (Phi) is 6.16. The van der Waals surface area contributed by atoms with E-state index in [9.17, 15) is 9.59 Å². The smallest absolute Gasteiger partial charge is 0.355 e. The summed E-state index contributed by atoms with van der Waals surface area (Å²) in [5.74, 6) is -1.22. The second-order valence-electron chi connectivity index (χ2n) is 6.39. The maximum absolute atomic E-state index is 12.5. The summed E-state index contributed by atoms with van der Waals surface area (Å²) in [6.07, 6.45) is 6.71. The first-order valence-electron chi connectivity index (χ1n) is 9.05. The lowest BCUT2D eigenvalue weighted by Gasteiger charge is -2.31. The molecular formula is C21H24N2O5. The van der Waals surface area contributed by atoms with Gasteiger partial charge in [-0.2, -0.15) is 0 Å². The molecule has 3 rings (SSSR count). The van der Waals surface area contributed by atoms with Crippen LogP contribution >= 0.6 is 0 Å². The van der Waals surface area contributed by atoms with Crippen LogP contribution in [0, 0.1) is 6.92 Å². The van der Waals surface area contributed by atoms with Crippen molar-refractivity contribution in [2.45, 2.75) is 6.92 Å². The largest absolute Gasteiger partial charge is 0.465 e. The van der Waals surface area contributed by atoms with Crippen LogP contribution in [0.25, 0.3) is 0 Å². The van der Waals surface area contributed by atoms with E-state index in [1.54, 1.807) is 29.3 Å². The summed E-state index contributed by atoms with van der Waals surface area (Å²) in [7, 11) is 2.56. The topological polar surface area (TPSA) is 68.3 Å². The molecule has 0 radical (unpaired) electrons. The Hall–Kier alpha value is -3.06. The van der Waals surface area contributed by atoms with Gasteiger partial charge >= 0.3 is 11.9 Å². The predicted molar refractivity (Wildman–Crippen MR) is 106 cm³/mol. The molecule has 0 amide bonds. The summed E-state index contributed by atoms with van der Waals surface area (Å²) in [6.45, 7) is 5.12. The first-order chi connectivity index (χ1) is 13.6. The standard InChI is InChI=1S/C21H24N2O5/c1-15-14-16(7-8-18(15)22-10-12-28-13-11-22)23-9-5-4-6-17(20(24)26-2)19(23)21(25)27-3/h4-9,14H,10-13H2,1-3H3. The van der Waals surface area contributed by atoms with E-state index in [0.29, 0.717) is 13.2 Å². The van der Waals surface area contributed by atoms with Crippen LogP contribution in [0.3, 0.4) is 0 Å². The highest BCUT2D eigenvalue weighted by Gasteiger charge is 2.27. The predicted octanol–water partition coefficient (Wildman–Crippen LogP) is 2.32. The number of hydrogen-bond acceptors (Lipinski definition) is 7. The molecule has 1 saturated heterocycles. The van der Waals surface area contributed by atoms with Crippen LogP contribution in [-0.4, -0.2) is 52.5 Å².